The van der Waals surface area contributed by atoms with Gasteiger partial charge in [0.2, 0.25) is 0 Å². The van der Waals surface area contributed by atoms with Gasteiger partial charge in [-0.1, -0.05) is 35.9 Å². The fraction of sp³-hybridized carbons (Fsp3) is 0.429. The zero-order valence-corrected chi connectivity index (χ0v) is 10.4. The second-order valence-electron chi connectivity index (χ2n) is 4.42. The average molecular weight is 236 g/mol. The van der Waals surface area contributed by atoms with Crippen molar-refractivity contribution in [2.75, 3.05) is 0 Å². The minimum Gasteiger partial charge on any atom is -0.307 e. The van der Waals surface area contributed by atoms with Gasteiger partial charge >= 0.3 is 0 Å². The summed E-state index contributed by atoms with van der Waals surface area (Å²) in [5, 5.41) is 4.47. The average Bonchev–Trinajstić information content (AvgIpc) is 2.30. The Bertz CT molecular complexity index is 373. The Balaban J connectivity index is 1.97. The van der Waals surface area contributed by atoms with E-state index in [1.54, 1.807) is 0 Å². The van der Waals surface area contributed by atoms with Gasteiger partial charge < -0.3 is 5.32 Å². The Labute approximate surface area is 103 Å². The molecule has 0 aromatic heterocycles. The van der Waals surface area contributed by atoms with Crippen LogP contribution in [0.1, 0.15) is 37.8 Å². The predicted molar refractivity (Wildman–Crippen MR) is 69.8 cm³/mol. The van der Waals surface area contributed by atoms with Crippen molar-refractivity contribution in [3.05, 3.63) is 47.0 Å². The maximum atomic E-state index is 5.99. The van der Waals surface area contributed by atoms with Crippen molar-refractivity contribution >= 4 is 11.6 Å². The van der Waals surface area contributed by atoms with E-state index < -0.39 is 0 Å². The van der Waals surface area contributed by atoms with Crippen LogP contribution in [-0.4, -0.2) is 6.04 Å². The van der Waals surface area contributed by atoms with Gasteiger partial charge in [-0.15, -0.1) is 0 Å². The predicted octanol–water partition coefficient (Wildman–Crippen LogP) is 4.10. The summed E-state index contributed by atoms with van der Waals surface area (Å²) >= 11 is 5.99. The number of hydrogen-bond donors (Lipinski definition) is 1. The SMILES string of the molecule is CC(NC1CC=CCC1)c1cccc(Cl)c1. The number of rotatable bonds is 3. The Morgan fingerprint density at radius 1 is 1.38 bits per heavy atom. The normalized spacial score (nSPS) is 22.0. The molecule has 0 heterocycles. The molecule has 1 aliphatic carbocycles. The number of hydrogen-bond acceptors (Lipinski definition) is 1. The summed E-state index contributed by atoms with van der Waals surface area (Å²) in [6.45, 7) is 2.20. The van der Waals surface area contributed by atoms with Crippen molar-refractivity contribution in [3.63, 3.8) is 0 Å². The molecule has 1 N–H and O–H groups in total. The number of halogens is 1. The minimum atomic E-state index is 0.371. The zero-order valence-electron chi connectivity index (χ0n) is 9.62. The molecule has 1 aromatic carbocycles. The topological polar surface area (TPSA) is 12.0 Å². The van der Waals surface area contributed by atoms with E-state index in [2.05, 4.69) is 30.5 Å². The van der Waals surface area contributed by atoms with Crippen LogP contribution in [-0.2, 0) is 0 Å². The van der Waals surface area contributed by atoms with Crippen LogP contribution in [0.3, 0.4) is 0 Å². The van der Waals surface area contributed by atoms with E-state index in [0.29, 0.717) is 12.1 Å². The van der Waals surface area contributed by atoms with Gasteiger partial charge in [0, 0.05) is 17.1 Å². The van der Waals surface area contributed by atoms with E-state index in [1.807, 2.05) is 18.2 Å². The number of benzene rings is 1. The Morgan fingerprint density at radius 2 is 2.25 bits per heavy atom. The third kappa shape index (κ3) is 3.10. The summed E-state index contributed by atoms with van der Waals surface area (Å²) in [5.74, 6) is 0. The molecule has 0 aliphatic heterocycles. The highest BCUT2D eigenvalue weighted by molar-refractivity contribution is 6.30. The Hall–Kier alpha value is -0.790. The van der Waals surface area contributed by atoms with Crippen LogP contribution in [0.4, 0.5) is 0 Å². The fourth-order valence-electron chi connectivity index (χ4n) is 2.17. The fourth-order valence-corrected chi connectivity index (χ4v) is 2.37. The van der Waals surface area contributed by atoms with Crippen LogP contribution in [0.5, 0.6) is 0 Å². The van der Waals surface area contributed by atoms with Crippen LogP contribution in [0, 0.1) is 0 Å². The van der Waals surface area contributed by atoms with Gasteiger partial charge in [0.05, 0.1) is 0 Å². The molecule has 0 bridgehead atoms. The van der Waals surface area contributed by atoms with Gasteiger partial charge in [0.1, 0.15) is 0 Å². The maximum absolute atomic E-state index is 5.99. The van der Waals surface area contributed by atoms with E-state index >= 15 is 0 Å². The smallest absolute Gasteiger partial charge is 0.0409 e. The summed E-state index contributed by atoms with van der Waals surface area (Å²) in [4.78, 5) is 0. The van der Waals surface area contributed by atoms with Crippen LogP contribution in [0.15, 0.2) is 36.4 Å². The molecule has 1 aromatic rings. The van der Waals surface area contributed by atoms with E-state index in [9.17, 15) is 0 Å². The Morgan fingerprint density at radius 3 is 2.94 bits per heavy atom. The highest BCUT2D eigenvalue weighted by atomic mass is 35.5. The van der Waals surface area contributed by atoms with E-state index in [1.165, 1.54) is 18.4 Å². The number of allylic oxidation sites excluding steroid dienone is 1. The van der Waals surface area contributed by atoms with E-state index in [-0.39, 0.29) is 0 Å². The standard InChI is InChI=1S/C14H18ClN/c1-11(12-6-5-7-13(15)10-12)16-14-8-3-2-4-9-14/h2-3,5-7,10-11,14,16H,4,8-9H2,1H3. The van der Waals surface area contributed by atoms with Crippen LogP contribution in [0.25, 0.3) is 0 Å². The Kier molecular flexibility index (Phi) is 4.03. The first-order valence-electron chi connectivity index (χ1n) is 5.92. The third-order valence-electron chi connectivity index (χ3n) is 3.10. The van der Waals surface area contributed by atoms with Crippen molar-refractivity contribution < 1.29 is 0 Å². The molecule has 0 fully saturated rings. The van der Waals surface area contributed by atoms with Gasteiger partial charge in [-0.3, -0.25) is 0 Å². The van der Waals surface area contributed by atoms with Crippen LogP contribution in [0.2, 0.25) is 5.02 Å². The van der Waals surface area contributed by atoms with Crippen molar-refractivity contribution in [1.29, 1.82) is 0 Å². The molecule has 1 nitrogen and oxygen atoms in total. The van der Waals surface area contributed by atoms with Crippen molar-refractivity contribution in [2.24, 2.45) is 0 Å². The summed E-state index contributed by atoms with van der Waals surface area (Å²) in [7, 11) is 0. The molecule has 0 radical (unpaired) electrons. The van der Waals surface area contributed by atoms with Crippen molar-refractivity contribution in [1.82, 2.24) is 5.32 Å². The summed E-state index contributed by atoms with van der Waals surface area (Å²) in [6, 6.07) is 9.08. The molecule has 0 spiro atoms. The van der Waals surface area contributed by atoms with Gasteiger partial charge in [-0.05, 0) is 43.9 Å². The van der Waals surface area contributed by atoms with Gasteiger partial charge in [-0.25, -0.2) is 0 Å². The lowest BCUT2D eigenvalue weighted by Crippen LogP contribution is -2.32. The van der Waals surface area contributed by atoms with Crippen molar-refractivity contribution in [3.8, 4) is 0 Å². The molecule has 2 rings (SSSR count). The first kappa shape index (κ1) is 11.7. The molecule has 0 saturated carbocycles. The molecule has 0 amide bonds. The van der Waals surface area contributed by atoms with Crippen LogP contribution < -0.4 is 5.32 Å². The third-order valence-corrected chi connectivity index (χ3v) is 3.34. The first-order chi connectivity index (χ1) is 7.75. The minimum absolute atomic E-state index is 0.371. The van der Waals surface area contributed by atoms with Gasteiger partial charge in [-0.2, -0.15) is 0 Å². The molecule has 86 valence electrons. The maximum Gasteiger partial charge on any atom is 0.0409 e. The van der Waals surface area contributed by atoms with Gasteiger partial charge in [0.25, 0.3) is 0 Å². The first-order valence-corrected chi connectivity index (χ1v) is 6.30. The molecule has 2 heteroatoms. The highest BCUT2D eigenvalue weighted by Gasteiger charge is 2.13. The van der Waals surface area contributed by atoms with E-state index in [0.717, 1.165) is 11.4 Å². The molecule has 0 saturated heterocycles. The molecule has 1 aliphatic rings. The monoisotopic (exact) mass is 235 g/mol. The molecule has 2 atom stereocenters. The lowest BCUT2D eigenvalue weighted by molar-refractivity contribution is 0.426. The lowest BCUT2D eigenvalue weighted by atomic mass is 9.99. The summed E-state index contributed by atoms with van der Waals surface area (Å²) in [5.41, 5.74) is 1.27. The van der Waals surface area contributed by atoms with Crippen molar-refractivity contribution in [2.45, 2.75) is 38.3 Å². The highest BCUT2D eigenvalue weighted by Crippen LogP contribution is 2.20. The van der Waals surface area contributed by atoms with Crippen LogP contribution >= 0.6 is 11.6 Å². The largest absolute Gasteiger partial charge is 0.307 e. The molecular formula is C14H18ClN. The van der Waals surface area contributed by atoms with E-state index in [4.69, 9.17) is 11.6 Å². The zero-order chi connectivity index (χ0) is 11.4. The molecular weight excluding hydrogens is 218 g/mol. The quantitative estimate of drug-likeness (QED) is 0.778. The van der Waals surface area contributed by atoms with Gasteiger partial charge in [0.15, 0.2) is 0 Å². The second kappa shape index (κ2) is 5.51. The number of nitrogens with one attached hydrogen (secondary N) is 1. The molecule has 16 heavy (non-hydrogen) atoms. The summed E-state index contributed by atoms with van der Waals surface area (Å²) in [6.07, 6.45) is 8.11. The summed E-state index contributed by atoms with van der Waals surface area (Å²) < 4.78 is 0. The lowest BCUT2D eigenvalue weighted by Gasteiger charge is -2.24. The molecule has 2 unspecified atom stereocenters. The second-order valence-corrected chi connectivity index (χ2v) is 4.86.